The van der Waals surface area contributed by atoms with Crippen molar-refractivity contribution in [3.05, 3.63) is 188 Å². The van der Waals surface area contributed by atoms with Gasteiger partial charge in [-0.25, -0.2) is 9.97 Å². The molecule has 0 aliphatic carbocycles. The number of rotatable bonds is 6. The molecule has 9 rings (SSSR count). The molecule has 0 saturated heterocycles. The van der Waals surface area contributed by atoms with E-state index in [1.54, 1.807) is 0 Å². The lowest BCUT2D eigenvalue weighted by Gasteiger charge is -2.12. The molecule has 0 saturated carbocycles. The fourth-order valence-electron chi connectivity index (χ4n) is 6.81. The highest BCUT2D eigenvalue weighted by atomic mass is 15.0. The Balaban J connectivity index is 0.00000184. The van der Waals surface area contributed by atoms with Gasteiger partial charge in [0.05, 0.1) is 22.4 Å². The van der Waals surface area contributed by atoms with E-state index in [1.807, 2.05) is 50.2 Å². The van der Waals surface area contributed by atoms with Crippen molar-refractivity contribution in [2.24, 2.45) is 0 Å². The number of para-hydroxylation sites is 2. The van der Waals surface area contributed by atoms with Gasteiger partial charge < -0.3 is 4.57 Å². The number of fused-ring (bicyclic) bond motifs is 3. The molecule has 0 bridgehead atoms. The zero-order valence-corrected chi connectivity index (χ0v) is 28.7. The molecule has 0 aliphatic heterocycles. The smallest absolute Gasteiger partial charge is 0.160 e. The van der Waals surface area contributed by atoms with Crippen LogP contribution in [0.5, 0.6) is 0 Å². The Kier molecular flexibility index (Phi) is 8.76. The summed E-state index contributed by atoms with van der Waals surface area (Å²) in [6, 6.07) is 66.2. The van der Waals surface area contributed by atoms with Crippen LogP contribution in [0.25, 0.3) is 83.6 Å². The van der Waals surface area contributed by atoms with E-state index in [0.717, 1.165) is 50.7 Å². The van der Waals surface area contributed by atoms with Gasteiger partial charge in [-0.15, -0.1) is 0 Å². The van der Waals surface area contributed by atoms with Gasteiger partial charge in [-0.05, 0) is 58.7 Å². The van der Waals surface area contributed by atoms with E-state index < -0.39 is 0 Å². The molecule has 244 valence electrons. The standard InChI is InChI=1S/C46H31N3.C2H6/c1-3-13-34(14-4-1)42-31-43(48-46(47-42)35-15-5-2-6-16-35)38-19-11-17-36(29-38)32-25-27-33(28-26-32)37-18-12-20-39(30-37)49-44-23-9-7-21-40(44)41-22-8-10-24-45(41)49;1-2/h1-31H;1-2H3. The van der Waals surface area contributed by atoms with Crippen LogP contribution in [0.4, 0.5) is 0 Å². The van der Waals surface area contributed by atoms with Crippen molar-refractivity contribution >= 4 is 21.8 Å². The Hall–Kier alpha value is -6.58. The number of aromatic nitrogens is 3. The average Bonchev–Trinajstić information content (AvgIpc) is 3.57. The van der Waals surface area contributed by atoms with Crippen LogP contribution in [0.3, 0.4) is 0 Å². The van der Waals surface area contributed by atoms with E-state index in [9.17, 15) is 0 Å². The van der Waals surface area contributed by atoms with E-state index in [2.05, 4.69) is 156 Å². The summed E-state index contributed by atoms with van der Waals surface area (Å²) in [5.41, 5.74) is 13.2. The first kappa shape index (κ1) is 31.7. The van der Waals surface area contributed by atoms with Crippen LogP contribution in [0, 0.1) is 0 Å². The van der Waals surface area contributed by atoms with Gasteiger partial charge in [-0.3, -0.25) is 0 Å². The van der Waals surface area contributed by atoms with Crippen LogP contribution in [0.1, 0.15) is 13.8 Å². The molecule has 3 heteroatoms. The Morgan fingerprint density at radius 2 is 0.784 bits per heavy atom. The second-order valence-corrected chi connectivity index (χ2v) is 12.3. The van der Waals surface area contributed by atoms with Crippen molar-refractivity contribution in [3.63, 3.8) is 0 Å². The van der Waals surface area contributed by atoms with Crippen LogP contribution in [0.15, 0.2) is 188 Å². The molecule has 0 aliphatic rings. The topological polar surface area (TPSA) is 30.7 Å². The lowest BCUT2D eigenvalue weighted by Crippen LogP contribution is -1.96. The Morgan fingerprint density at radius 3 is 1.39 bits per heavy atom. The van der Waals surface area contributed by atoms with E-state index >= 15 is 0 Å². The van der Waals surface area contributed by atoms with Crippen molar-refractivity contribution in [1.29, 1.82) is 0 Å². The first-order valence-corrected chi connectivity index (χ1v) is 17.6. The molecule has 0 radical (unpaired) electrons. The summed E-state index contributed by atoms with van der Waals surface area (Å²) in [6.07, 6.45) is 0. The average molecular weight is 656 g/mol. The van der Waals surface area contributed by atoms with E-state index in [1.165, 1.54) is 32.9 Å². The van der Waals surface area contributed by atoms with Crippen molar-refractivity contribution in [2.75, 3.05) is 0 Å². The minimum atomic E-state index is 0.717. The SMILES string of the molecule is CC.c1ccc(-c2cc(-c3cccc(-c4ccc(-c5cccc(-n6c7ccccc7c7ccccc76)c5)cc4)c3)nc(-c3ccccc3)n2)cc1. The molecule has 0 N–H and O–H groups in total. The van der Waals surface area contributed by atoms with Crippen LogP contribution in [0.2, 0.25) is 0 Å². The first-order valence-electron chi connectivity index (χ1n) is 17.6. The Labute approximate surface area is 299 Å². The summed E-state index contributed by atoms with van der Waals surface area (Å²) >= 11 is 0. The van der Waals surface area contributed by atoms with Crippen LogP contribution in [-0.4, -0.2) is 14.5 Å². The molecule has 7 aromatic carbocycles. The molecule has 0 unspecified atom stereocenters. The monoisotopic (exact) mass is 655 g/mol. The molecule has 3 nitrogen and oxygen atoms in total. The molecular weight excluding hydrogens is 619 g/mol. The van der Waals surface area contributed by atoms with Crippen molar-refractivity contribution in [2.45, 2.75) is 13.8 Å². The van der Waals surface area contributed by atoms with Gasteiger partial charge in [0.15, 0.2) is 5.82 Å². The minimum Gasteiger partial charge on any atom is -0.309 e. The zero-order valence-electron chi connectivity index (χ0n) is 28.7. The number of hydrogen-bond donors (Lipinski definition) is 0. The van der Waals surface area contributed by atoms with Gasteiger partial charge in [0.25, 0.3) is 0 Å². The highest BCUT2D eigenvalue weighted by molar-refractivity contribution is 6.09. The van der Waals surface area contributed by atoms with Crippen molar-refractivity contribution in [3.8, 4) is 61.8 Å². The molecule has 9 aromatic rings. The van der Waals surface area contributed by atoms with Gasteiger partial charge in [0, 0.05) is 33.2 Å². The molecule has 0 fully saturated rings. The first-order chi connectivity index (χ1) is 25.3. The van der Waals surface area contributed by atoms with Gasteiger partial charge in [0.1, 0.15) is 0 Å². The normalized spacial score (nSPS) is 10.9. The third-order valence-corrected chi connectivity index (χ3v) is 9.22. The molecular formula is C48H37N3. The summed E-state index contributed by atoms with van der Waals surface area (Å²) in [5.74, 6) is 0.717. The van der Waals surface area contributed by atoms with Crippen molar-refractivity contribution in [1.82, 2.24) is 14.5 Å². The predicted octanol–water partition coefficient (Wildman–Crippen LogP) is 12.9. The molecule has 2 heterocycles. The molecule has 51 heavy (non-hydrogen) atoms. The second-order valence-electron chi connectivity index (χ2n) is 12.3. The summed E-state index contributed by atoms with van der Waals surface area (Å²) in [7, 11) is 0. The maximum atomic E-state index is 5.04. The van der Waals surface area contributed by atoms with Gasteiger partial charge in [-0.2, -0.15) is 0 Å². The summed E-state index contributed by atoms with van der Waals surface area (Å²) in [5, 5.41) is 2.54. The lowest BCUT2D eigenvalue weighted by molar-refractivity contribution is 1.18. The second kappa shape index (κ2) is 14.1. The molecule has 0 spiro atoms. The van der Waals surface area contributed by atoms with E-state index in [-0.39, 0.29) is 0 Å². The summed E-state index contributed by atoms with van der Waals surface area (Å²) in [4.78, 5) is 10.00. The third-order valence-electron chi connectivity index (χ3n) is 9.22. The zero-order chi connectivity index (χ0) is 34.6. The number of hydrogen-bond acceptors (Lipinski definition) is 2. The van der Waals surface area contributed by atoms with Crippen LogP contribution >= 0.6 is 0 Å². The van der Waals surface area contributed by atoms with Gasteiger partial charge >= 0.3 is 0 Å². The Morgan fingerprint density at radius 1 is 0.333 bits per heavy atom. The molecule has 0 atom stereocenters. The predicted molar refractivity (Wildman–Crippen MR) is 215 cm³/mol. The fourth-order valence-corrected chi connectivity index (χ4v) is 6.81. The highest BCUT2D eigenvalue weighted by Gasteiger charge is 2.13. The fraction of sp³-hybridized carbons (Fsp3) is 0.0417. The van der Waals surface area contributed by atoms with Gasteiger partial charge in [0.2, 0.25) is 0 Å². The number of nitrogens with zero attached hydrogens (tertiary/aromatic N) is 3. The van der Waals surface area contributed by atoms with Crippen LogP contribution in [-0.2, 0) is 0 Å². The molecule has 2 aromatic heterocycles. The largest absolute Gasteiger partial charge is 0.309 e. The quantitative estimate of drug-likeness (QED) is 0.178. The lowest BCUT2D eigenvalue weighted by atomic mass is 9.98. The minimum absolute atomic E-state index is 0.717. The maximum absolute atomic E-state index is 5.04. The van der Waals surface area contributed by atoms with Crippen molar-refractivity contribution < 1.29 is 0 Å². The number of benzene rings is 7. The summed E-state index contributed by atoms with van der Waals surface area (Å²) < 4.78 is 2.37. The van der Waals surface area contributed by atoms with Gasteiger partial charge in [-0.1, -0.05) is 166 Å². The highest BCUT2D eigenvalue weighted by Crippen LogP contribution is 2.34. The van der Waals surface area contributed by atoms with E-state index in [0.29, 0.717) is 0 Å². The third kappa shape index (κ3) is 6.22. The Bertz CT molecular complexity index is 2470. The molecule has 0 amide bonds. The van der Waals surface area contributed by atoms with E-state index in [4.69, 9.17) is 9.97 Å². The summed E-state index contributed by atoms with van der Waals surface area (Å²) in [6.45, 7) is 4.00. The van der Waals surface area contributed by atoms with Crippen LogP contribution < -0.4 is 0 Å². The maximum Gasteiger partial charge on any atom is 0.160 e.